The van der Waals surface area contributed by atoms with Gasteiger partial charge in [-0.25, -0.2) is 4.52 Å². The van der Waals surface area contributed by atoms with Crippen LogP contribution in [0.1, 0.15) is 22.8 Å². The zero-order valence-electron chi connectivity index (χ0n) is 14.6. The lowest BCUT2D eigenvalue weighted by molar-refractivity contribution is 0.0676. The summed E-state index contributed by atoms with van der Waals surface area (Å²) in [5, 5.41) is 4.29. The number of para-hydroxylation sites is 1. The van der Waals surface area contributed by atoms with E-state index in [9.17, 15) is 4.79 Å². The highest BCUT2D eigenvalue weighted by atomic mass is 16.2. The normalized spacial score (nSPS) is 17.9. The highest BCUT2D eigenvalue weighted by Crippen LogP contribution is 2.24. The number of fused-ring (bicyclic) bond motifs is 1. The fourth-order valence-electron chi connectivity index (χ4n) is 3.65. The third-order valence-electron chi connectivity index (χ3n) is 5.00. The standard InChI is InChI=1S/C20H22N4O/c1-15-7-3-4-8-18(15)22-11-12-23(16(2)14-22)20(25)17-13-21-24-10-6-5-9-19(17)24/h3-10,13,16H,11-12,14H2,1-2H3/t16-/m0/s1. The van der Waals surface area contributed by atoms with Gasteiger partial charge < -0.3 is 9.80 Å². The number of hydrogen-bond donors (Lipinski definition) is 0. The van der Waals surface area contributed by atoms with Crippen LogP contribution in [0, 0.1) is 6.92 Å². The van der Waals surface area contributed by atoms with E-state index < -0.39 is 0 Å². The van der Waals surface area contributed by atoms with Crippen LogP contribution in [-0.2, 0) is 0 Å². The van der Waals surface area contributed by atoms with Crippen molar-refractivity contribution in [2.45, 2.75) is 19.9 Å². The molecule has 1 aliphatic heterocycles. The molecule has 0 saturated carbocycles. The van der Waals surface area contributed by atoms with Crippen molar-refractivity contribution in [3.63, 3.8) is 0 Å². The molecule has 0 unspecified atom stereocenters. The summed E-state index contributed by atoms with van der Waals surface area (Å²) in [6, 6.07) is 14.4. The second-order valence-electron chi connectivity index (χ2n) is 6.67. The molecule has 4 rings (SSSR count). The van der Waals surface area contributed by atoms with Crippen molar-refractivity contribution in [3.05, 3.63) is 66.0 Å². The molecule has 0 radical (unpaired) electrons. The average molecular weight is 334 g/mol. The van der Waals surface area contributed by atoms with Crippen molar-refractivity contribution >= 4 is 17.1 Å². The van der Waals surface area contributed by atoms with Crippen molar-refractivity contribution in [1.82, 2.24) is 14.5 Å². The molecule has 1 amide bonds. The predicted octanol–water partition coefficient (Wildman–Crippen LogP) is 2.99. The van der Waals surface area contributed by atoms with Crippen LogP contribution in [-0.4, -0.2) is 46.1 Å². The summed E-state index contributed by atoms with van der Waals surface area (Å²) in [5.74, 6) is 0.0677. The second kappa shape index (κ2) is 6.24. The summed E-state index contributed by atoms with van der Waals surface area (Å²) in [5.41, 5.74) is 4.08. The monoisotopic (exact) mass is 334 g/mol. The molecule has 0 spiro atoms. The Bertz CT molecular complexity index is 917. The van der Waals surface area contributed by atoms with Gasteiger partial charge in [-0.1, -0.05) is 24.3 Å². The van der Waals surface area contributed by atoms with Gasteiger partial charge in [0, 0.05) is 37.6 Å². The summed E-state index contributed by atoms with van der Waals surface area (Å²) < 4.78 is 1.75. The maximum atomic E-state index is 13.0. The van der Waals surface area contributed by atoms with Crippen LogP contribution in [0.15, 0.2) is 54.9 Å². The molecule has 3 heterocycles. The highest BCUT2D eigenvalue weighted by molar-refractivity contribution is 6.00. The minimum atomic E-state index is 0.0677. The van der Waals surface area contributed by atoms with E-state index in [0.717, 1.165) is 25.2 Å². The van der Waals surface area contributed by atoms with Crippen LogP contribution >= 0.6 is 0 Å². The van der Waals surface area contributed by atoms with Crippen molar-refractivity contribution in [3.8, 4) is 0 Å². The number of amides is 1. The molecule has 5 nitrogen and oxygen atoms in total. The zero-order chi connectivity index (χ0) is 17.4. The molecule has 128 valence electrons. The van der Waals surface area contributed by atoms with Gasteiger partial charge in [-0.05, 0) is 37.6 Å². The SMILES string of the molecule is Cc1ccccc1N1CCN(C(=O)c2cnn3ccccc23)[C@@H](C)C1. The molecule has 3 aromatic rings. The van der Waals surface area contributed by atoms with E-state index in [4.69, 9.17) is 0 Å². The molecule has 1 aliphatic rings. The maximum absolute atomic E-state index is 13.0. The van der Waals surface area contributed by atoms with E-state index in [1.165, 1.54) is 11.3 Å². The smallest absolute Gasteiger partial charge is 0.258 e. The Labute approximate surface area is 147 Å². The van der Waals surface area contributed by atoms with Crippen LogP contribution in [0.5, 0.6) is 0 Å². The number of pyridine rings is 1. The molecule has 5 heteroatoms. The third-order valence-corrected chi connectivity index (χ3v) is 5.00. The molecule has 2 aromatic heterocycles. The fourth-order valence-corrected chi connectivity index (χ4v) is 3.65. The van der Waals surface area contributed by atoms with E-state index in [2.05, 4.69) is 48.1 Å². The average Bonchev–Trinajstić information content (AvgIpc) is 3.05. The Balaban J connectivity index is 1.55. The number of carbonyl (C=O) groups is 1. The summed E-state index contributed by atoms with van der Waals surface area (Å²) in [7, 11) is 0. The van der Waals surface area contributed by atoms with E-state index in [1.807, 2.05) is 29.3 Å². The van der Waals surface area contributed by atoms with Gasteiger partial charge in [-0.3, -0.25) is 4.79 Å². The largest absolute Gasteiger partial charge is 0.367 e. The molecule has 0 bridgehead atoms. The summed E-state index contributed by atoms with van der Waals surface area (Å²) >= 11 is 0. The van der Waals surface area contributed by atoms with E-state index >= 15 is 0 Å². The molecule has 0 aliphatic carbocycles. The van der Waals surface area contributed by atoms with Gasteiger partial charge in [-0.2, -0.15) is 5.10 Å². The number of piperazine rings is 1. The summed E-state index contributed by atoms with van der Waals surface area (Å²) in [6.07, 6.45) is 3.55. The molecule has 25 heavy (non-hydrogen) atoms. The Morgan fingerprint density at radius 3 is 2.72 bits per heavy atom. The highest BCUT2D eigenvalue weighted by Gasteiger charge is 2.30. The first-order chi connectivity index (χ1) is 12.1. The Morgan fingerprint density at radius 1 is 1.12 bits per heavy atom. The zero-order valence-corrected chi connectivity index (χ0v) is 14.6. The fraction of sp³-hybridized carbons (Fsp3) is 0.300. The lowest BCUT2D eigenvalue weighted by Crippen LogP contribution is -2.54. The van der Waals surface area contributed by atoms with E-state index in [1.54, 1.807) is 10.7 Å². The minimum Gasteiger partial charge on any atom is -0.367 e. The number of aryl methyl sites for hydroxylation is 1. The van der Waals surface area contributed by atoms with Crippen LogP contribution < -0.4 is 4.90 Å². The molecule has 0 N–H and O–H groups in total. The van der Waals surface area contributed by atoms with Gasteiger partial charge in [0.15, 0.2) is 0 Å². The number of nitrogens with zero attached hydrogens (tertiary/aromatic N) is 4. The number of hydrogen-bond acceptors (Lipinski definition) is 3. The predicted molar refractivity (Wildman–Crippen MR) is 99.1 cm³/mol. The maximum Gasteiger partial charge on any atom is 0.258 e. The number of benzene rings is 1. The number of rotatable bonds is 2. The molecule has 1 aromatic carbocycles. The lowest BCUT2D eigenvalue weighted by atomic mass is 10.1. The third kappa shape index (κ3) is 2.76. The first-order valence-electron chi connectivity index (χ1n) is 8.69. The summed E-state index contributed by atoms with van der Waals surface area (Å²) in [4.78, 5) is 17.4. The van der Waals surface area contributed by atoms with Crippen molar-refractivity contribution in [1.29, 1.82) is 0 Å². The molecular formula is C20H22N4O. The van der Waals surface area contributed by atoms with Crippen molar-refractivity contribution < 1.29 is 4.79 Å². The lowest BCUT2D eigenvalue weighted by Gasteiger charge is -2.41. The van der Waals surface area contributed by atoms with Gasteiger partial charge >= 0.3 is 0 Å². The van der Waals surface area contributed by atoms with Gasteiger partial charge in [0.1, 0.15) is 0 Å². The van der Waals surface area contributed by atoms with Crippen molar-refractivity contribution in [2.24, 2.45) is 0 Å². The number of carbonyl (C=O) groups excluding carboxylic acids is 1. The first kappa shape index (κ1) is 15.7. The molecular weight excluding hydrogens is 312 g/mol. The van der Waals surface area contributed by atoms with E-state index in [0.29, 0.717) is 5.56 Å². The topological polar surface area (TPSA) is 40.8 Å². The minimum absolute atomic E-state index is 0.0677. The van der Waals surface area contributed by atoms with Gasteiger partial charge in [-0.15, -0.1) is 0 Å². The molecule has 1 atom stereocenters. The number of aromatic nitrogens is 2. The quantitative estimate of drug-likeness (QED) is 0.723. The van der Waals surface area contributed by atoms with Crippen LogP contribution in [0.3, 0.4) is 0 Å². The summed E-state index contributed by atoms with van der Waals surface area (Å²) in [6.45, 7) is 6.67. The Hall–Kier alpha value is -2.82. The van der Waals surface area contributed by atoms with Crippen LogP contribution in [0.25, 0.3) is 5.52 Å². The van der Waals surface area contributed by atoms with Gasteiger partial charge in [0.05, 0.1) is 17.3 Å². The molecule has 1 fully saturated rings. The van der Waals surface area contributed by atoms with Crippen LogP contribution in [0.4, 0.5) is 5.69 Å². The van der Waals surface area contributed by atoms with E-state index in [-0.39, 0.29) is 11.9 Å². The van der Waals surface area contributed by atoms with Gasteiger partial charge in [0.2, 0.25) is 0 Å². The Morgan fingerprint density at radius 2 is 1.92 bits per heavy atom. The van der Waals surface area contributed by atoms with Gasteiger partial charge in [0.25, 0.3) is 5.91 Å². The Kier molecular flexibility index (Phi) is 3.92. The first-order valence-corrected chi connectivity index (χ1v) is 8.69. The number of anilines is 1. The van der Waals surface area contributed by atoms with Crippen LogP contribution in [0.2, 0.25) is 0 Å². The molecule has 1 saturated heterocycles. The second-order valence-corrected chi connectivity index (χ2v) is 6.67. The van der Waals surface area contributed by atoms with Crippen molar-refractivity contribution in [2.75, 3.05) is 24.5 Å².